The van der Waals surface area contributed by atoms with Crippen LogP contribution < -0.4 is 4.74 Å². The maximum absolute atomic E-state index is 9.79. The van der Waals surface area contributed by atoms with Crippen molar-refractivity contribution in [2.24, 2.45) is 0 Å². The first kappa shape index (κ1) is 14.2. The van der Waals surface area contributed by atoms with Gasteiger partial charge in [-0.1, -0.05) is 12.1 Å². The topological polar surface area (TPSA) is 88.4 Å². The van der Waals surface area contributed by atoms with Crippen LogP contribution in [0, 0.1) is 0 Å². The molecule has 106 valence electrons. The molecule has 0 bridgehead atoms. The zero-order chi connectivity index (χ0) is 13.8. The molecular weight excluding hydrogens is 252 g/mol. The number of hydrogen-bond donors (Lipinski definition) is 3. The van der Waals surface area contributed by atoms with E-state index >= 15 is 0 Å². The van der Waals surface area contributed by atoms with E-state index in [1.54, 1.807) is 19.2 Å². The third-order valence-electron chi connectivity index (χ3n) is 3.09. The lowest BCUT2D eigenvalue weighted by molar-refractivity contribution is -0.150. The lowest BCUT2D eigenvalue weighted by atomic mass is 10.1. The van der Waals surface area contributed by atoms with Gasteiger partial charge in [0.25, 0.3) is 0 Å². The van der Waals surface area contributed by atoms with E-state index in [1.165, 1.54) is 0 Å². The lowest BCUT2D eigenvalue weighted by Crippen LogP contribution is -2.36. The van der Waals surface area contributed by atoms with E-state index in [-0.39, 0.29) is 13.2 Å². The Morgan fingerprint density at radius 2 is 1.89 bits per heavy atom. The van der Waals surface area contributed by atoms with E-state index in [4.69, 9.17) is 19.3 Å². The van der Waals surface area contributed by atoms with Gasteiger partial charge in [-0.25, -0.2) is 0 Å². The van der Waals surface area contributed by atoms with Crippen molar-refractivity contribution < 1.29 is 29.5 Å². The van der Waals surface area contributed by atoms with Crippen LogP contribution in [0.1, 0.15) is 5.56 Å². The van der Waals surface area contributed by atoms with Gasteiger partial charge in [0, 0.05) is 0 Å². The molecule has 2 rings (SSSR count). The van der Waals surface area contributed by atoms with Gasteiger partial charge < -0.3 is 29.5 Å². The van der Waals surface area contributed by atoms with Gasteiger partial charge >= 0.3 is 0 Å². The zero-order valence-electron chi connectivity index (χ0n) is 10.6. The van der Waals surface area contributed by atoms with Crippen molar-refractivity contribution in [2.75, 3.05) is 13.7 Å². The average molecular weight is 270 g/mol. The summed E-state index contributed by atoms with van der Waals surface area (Å²) in [4.78, 5) is 0. The van der Waals surface area contributed by atoms with Crippen LogP contribution >= 0.6 is 0 Å². The van der Waals surface area contributed by atoms with Gasteiger partial charge in [0.15, 0.2) is 6.29 Å². The van der Waals surface area contributed by atoms with Crippen LogP contribution in [0.25, 0.3) is 0 Å². The van der Waals surface area contributed by atoms with Crippen molar-refractivity contribution in [3.63, 3.8) is 0 Å². The van der Waals surface area contributed by atoms with Gasteiger partial charge in [-0.15, -0.1) is 0 Å². The second-order valence-corrected chi connectivity index (χ2v) is 4.36. The monoisotopic (exact) mass is 270 g/mol. The summed E-state index contributed by atoms with van der Waals surface area (Å²) >= 11 is 0. The molecule has 1 aromatic rings. The molecule has 6 heteroatoms. The number of aliphatic hydroxyl groups excluding tert-OH is 3. The molecular formula is C13H18O6. The van der Waals surface area contributed by atoms with Crippen LogP contribution in [0.15, 0.2) is 24.3 Å². The molecule has 1 fully saturated rings. The fourth-order valence-corrected chi connectivity index (χ4v) is 1.96. The highest BCUT2D eigenvalue weighted by Gasteiger charge is 2.43. The molecule has 1 saturated heterocycles. The van der Waals surface area contributed by atoms with E-state index in [0.29, 0.717) is 0 Å². The predicted molar refractivity (Wildman–Crippen MR) is 65.5 cm³/mol. The third-order valence-corrected chi connectivity index (χ3v) is 3.09. The summed E-state index contributed by atoms with van der Waals surface area (Å²) in [6.45, 7) is -0.134. The molecule has 0 radical (unpaired) electrons. The first-order chi connectivity index (χ1) is 9.15. The summed E-state index contributed by atoms with van der Waals surface area (Å²) in [5.41, 5.74) is 0.882. The maximum atomic E-state index is 9.79. The Hall–Kier alpha value is -1.18. The van der Waals surface area contributed by atoms with Gasteiger partial charge in [0.2, 0.25) is 0 Å². The molecule has 1 unspecified atom stereocenters. The van der Waals surface area contributed by atoms with Crippen LogP contribution in [-0.4, -0.2) is 53.6 Å². The normalized spacial score (nSPS) is 30.5. The number of hydrogen-bond acceptors (Lipinski definition) is 6. The van der Waals surface area contributed by atoms with Gasteiger partial charge in [-0.3, -0.25) is 0 Å². The number of rotatable bonds is 5. The van der Waals surface area contributed by atoms with Crippen molar-refractivity contribution in [1.82, 2.24) is 0 Å². The SMILES string of the molecule is COc1ccc(CO[C@H]2C(O)O[C@H](CO)[C@H]2O)cc1. The lowest BCUT2D eigenvalue weighted by Gasteiger charge is -2.17. The van der Waals surface area contributed by atoms with Crippen molar-refractivity contribution in [1.29, 1.82) is 0 Å². The summed E-state index contributed by atoms with van der Waals surface area (Å²) in [6, 6.07) is 7.26. The molecule has 6 nitrogen and oxygen atoms in total. The molecule has 1 aliphatic rings. The van der Waals surface area contributed by atoms with Gasteiger partial charge in [0.05, 0.1) is 20.3 Å². The molecule has 19 heavy (non-hydrogen) atoms. The van der Waals surface area contributed by atoms with Crippen molar-refractivity contribution in [2.45, 2.75) is 31.2 Å². The smallest absolute Gasteiger partial charge is 0.184 e. The van der Waals surface area contributed by atoms with E-state index in [2.05, 4.69) is 0 Å². The molecule has 0 saturated carbocycles. The minimum Gasteiger partial charge on any atom is -0.497 e. The highest BCUT2D eigenvalue weighted by Crippen LogP contribution is 2.23. The predicted octanol–water partition coefficient (Wildman–Crippen LogP) is -0.349. The van der Waals surface area contributed by atoms with E-state index in [0.717, 1.165) is 11.3 Å². The van der Waals surface area contributed by atoms with Crippen molar-refractivity contribution >= 4 is 0 Å². The number of methoxy groups -OCH3 is 1. The highest BCUT2D eigenvalue weighted by molar-refractivity contribution is 5.26. The Labute approximate surface area is 111 Å². The van der Waals surface area contributed by atoms with Gasteiger partial charge in [0.1, 0.15) is 24.1 Å². The second kappa shape index (κ2) is 6.31. The zero-order valence-corrected chi connectivity index (χ0v) is 10.6. The molecule has 0 amide bonds. The summed E-state index contributed by atoms with van der Waals surface area (Å²) < 4.78 is 15.5. The van der Waals surface area contributed by atoms with Crippen LogP contribution in [0.2, 0.25) is 0 Å². The first-order valence-corrected chi connectivity index (χ1v) is 6.02. The minimum absolute atomic E-state index is 0.226. The number of benzene rings is 1. The number of ether oxygens (including phenoxy) is 3. The van der Waals surface area contributed by atoms with Crippen molar-refractivity contribution in [3.8, 4) is 5.75 Å². The van der Waals surface area contributed by atoms with Crippen LogP contribution in [0.3, 0.4) is 0 Å². The fourth-order valence-electron chi connectivity index (χ4n) is 1.96. The van der Waals surface area contributed by atoms with Gasteiger partial charge in [-0.05, 0) is 17.7 Å². The Kier molecular flexibility index (Phi) is 4.73. The van der Waals surface area contributed by atoms with Crippen LogP contribution in [0.5, 0.6) is 5.75 Å². The molecule has 0 aliphatic carbocycles. The van der Waals surface area contributed by atoms with E-state index < -0.39 is 24.6 Å². The molecule has 0 spiro atoms. The molecule has 3 N–H and O–H groups in total. The second-order valence-electron chi connectivity index (χ2n) is 4.36. The Morgan fingerprint density at radius 3 is 2.42 bits per heavy atom. The third kappa shape index (κ3) is 3.23. The molecule has 0 aromatic heterocycles. The molecule has 4 atom stereocenters. The van der Waals surface area contributed by atoms with E-state index in [9.17, 15) is 10.2 Å². The van der Waals surface area contributed by atoms with Gasteiger partial charge in [-0.2, -0.15) is 0 Å². The number of aliphatic hydroxyl groups is 3. The van der Waals surface area contributed by atoms with Crippen LogP contribution in [-0.2, 0) is 16.1 Å². The Balaban J connectivity index is 1.90. The fraction of sp³-hybridized carbons (Fsp3) is 0.538. The minimum atomic E-state index is -1.23. The van der Waals surface area contributed by atoms with E-state index in [1.807, 2.05) is 12.1 Å². The molecule has 1 aliphatic heterocycles. The van der Waals surface area contributed by atoms with Crippen LogP contribution in [0.4, 0.5) is 0 Å². The standard InChI is InChI=1S/C13H18O6/c1-17-9-4-2-8(3-5-9)7-18-12-11(15)10(6-14)19-13(12)16/h2-5,10-16H,6-7H2,1H3/t10-,11-,12-,13?/m1/s1. The molecule has 1 aromatic carbocycles. The highest BCUT2D eigenvalue weighted by atomic mass is 16.7. The summed E-state index contributed by atoms with van der Waals surface area (Å²) in [6.07, 6.45) is -3.95. The van der Waals surface area contributed by atoms with Crippen molar-refractivity contribution in [3.05, 3.63) is 29.8 Å². The summed E-state index contributed by atoms with van der Waals surface area (Å²) in [7, 11) is 1.59. The summed E-state index contributed by atoms with van der Waals surface area (Å²) in [5.74, 6) is 0.744. The Bertz CT molecular complexity index is 393. The maximum Gasteiger partial charge on any atom is 0.184 e. The average Bonchev–Trinajstić information content (AvgIpc) is 2.72. The largest absolute Gasteiger partial charge is 0.497 e. The summed E-state index contributed by atoms with van der Waals surface area (Å²) in [5, 5.41) is 28.3. The molecule has 1 heterocycles. The Morgan fingerprint density at radius 1 is 1.21 bits per heavy atom. The quantitative estimate of drug-likeness (QED) is 0.678. The first-order valence-electron chi connectivity index (χ1n) is 6.02.